The van der Waals surface area contributed by atoms with E-state index < -0.39 is 21.5 Å². The number of aromatic nitrogens is 4. The molecule has 0 bridgehead atoms. The second-order valence-corrected chi connectivity index (χ2v) is 13.8. The van der Waals surface area contributed by atoms with E-state index >= 15 is 0 Å². The molecule has 0 unspecified atom stereocenters. The number of nitrogens with one attached hydrogen (secondary N) is 1. The molecule has 1 N–H and O–H groups in total. The molecule has 48 heavy (non-hydrogen) atoms. The van der Waals surface area contributed by atoms with E-state index in [1.807, 2.05) is 54.6 Å². The van der Waals surface area contributed by atoms with E-state index in [-0.39, 0.29) is 16.2 Å². The average molecular weight is 662 g/mol. The van der Waals surface area contributed by atoms with Crippen molar-refractivity contribution in [2.75, 3.05) is 18.4 Å². The highest BCUT2D eigenvalue weighted by atomic mass is 32.2. The van der Waals surface area contributed by atoms with E-state index in [1.165, 1.54) is 15.1 Å². The molecule has 0 radical (unpaired) electrons. The number of anilines is 1. The van der Waals surface area contributed by atoms with Gasteiger partial charge in [0.2, 0.25) is 10.0 Å². The Hall–Kier alpha value is -5.51. The zero-order chi connectivity index (χ0) is 34.0. The number of hydrogen-bond acceptors (Lipinski definition) is 6. The van der Waals surface area contributed by atoms with E-state index in [0.29, 0.717) is 47.2 Å². The van der Waals surface area contributed by atoms with Gasteiger partial charge in [0.25, 0.3) is 11.5 Å². The maximum absolute atomic E-state index is 13.6. The highest BCUT2D eigenvalue weighted by Gasteiger charge is 2.29. The minimum absolute atomic E-state index is 0.0534. The molecule has 3 aromatic carbocycles. The lowest BCUT2D eigenvalue weighted by Crippen LogP contribution is -2.37. The summed E-state index contributed by atoms with van der Waals surface area (Å²) < 4.78 is 33.4. The first-order chi connectivity index (χ1) is 23.1. The van der Waals surface area contributed by atoms with Gasteiger partial charge < -0.3 is 5.32 Å². The molecule has 3 heterocycles. The Morgan fingerprint density at radius 2 is 1.62 bits per heavy atom. The van der Waals surface area contributed by atoms with E-state index in [9.17, 15) is 23.3 Å². The van der Waals surface area contributed by atoms with Crippen molar-refractivity contribution in [2.24, 2.45) is 13.0 Å². The molecule has 6 rings (SSSR count). The fraction of sp³-hybridized carbons (Fsp3) is 0.222. The summed E-state index contributed by atoms with van der Waals surface area (Å²) in [6.45, 7) is 4.75. The lowest BCUT2D eigenvalue weighted by Gasteiger charge is -2.29. The van der Waals surface area contributed by atoms with Crippen LogP contribution in [-0.4, -0.2) is 50.9 Å². The fourth-order valence-corrected chi connectivity index (χ4v) is 7.32. The summed E-state index contributed by atoms with van der Waals surface area (Å²) in [7, 11) is -2.03. The van der Waals surface area contributed by atoms with Crippen molar-refractivity contribution in [3.8, 4) is 28.7 Å². The Morgan fingerprint density at radius 3 is 2.27 bits per heavy atom. The first-order valence-electron chi connectivity index (χ1n) is 15.6. The van der Waals surface area contributed by atoms with Gasteiger partial charge in [-0.05, 0) is 68.2 Å². The maximum atomic E-state index is 13.6. The van der Waals surface area contributed by atoms with Crippen molar-refractivity contribution >= 4 is 27.7 Å². The molecular formula is C36H35N7O4S. The Kier molecular flexibility index (Phi) is 8.99. The predicted molar refractivity (Wildman–Crippen MR) is 184 cm³/mol. The molecular weight excluding hydrogens is 627 g/mol. The zero-order valence-electron chi connectivity index (χ0n) is 26.9. The van der Waals surface area contributed by atoms with E-state index in [0.717, 1.165) is 18.5 Å². The van der Waals surface area contributed by atoms with E-state index in [4.69, 9.17) is 5.10 Å². The standard InChI is InChI=1S/C36H35N7O4S/c1-25-17-19-41(20-18-25)48(46,47)32-16-10-11-27(22-32)34-29(24-42(39-34)30-12-6-4-7-13-30)21-28(23-37)35(44)38-33-26(2)40(3)43(36(33)45)31-14-8-5-9-15-31/h4-16,21-22,24-25H,17-20H2,1-3H3,(H,38,44)/b28-21-. The summed E-state index contributed by atoms with van der Waals surface area (Å²) in [6.07, 6.45) is 4.69. The number of para-hydroxylation sites is 2. The van der Waals surface area contributed by atoms with Crippen LogP contribution in [0.15, 0.2) is 106 Å². The normalized spacial score (nSPS) is 14.5. The number of amides is 1. The Labute approximate surface area is 279 Å². The van der Waals surface area contributed by atoms with Crippen LogP contribution >= 0.6 is 0 Å². The molecule has 5 aromatic rings. The molecule has 1 saturated heterocycles. The number of nitrogens with zero attached hydrogens (tertiary/aromatic N) is 6. The molecule has 1 aliphatic rings. The van der Waals surface area contributed by atoms with Gasteiger partial charge in [0.15, 0.2) is 0 Å². The van der Waals surface area contributed by atoms with Crippen molar-refractivity contribution in [1.82, 2.24) is 23.4 Å². The largest absolute Gasteiger partial charge is 0.315 e. The van der Waals surface area contributed by atoms with Gasteiger partial charge in [-0.1, -0.05) is 55.5 Å². The summed E-state index contributed by atoms with van der Waals surface area (Å²) in [5, 5.41) is 17.6. The number of rotatable bonds is 8. The Bertz CT molecular complexity index is 2220. The topological polar surface area (TPSA) is 135 Å². The SMILES string of the molecule is Cc1c(NC(=O)/C(C#N)=C\c2cn(-c3ccccc3)nc2-c2cccc(S(=O)(=O)N3CCC(C)CC3)c2)c(=O)n(-c2ccccc2)n1C. The molecule has 2 aromatic heterocycles. The van der Waals surface area contributed by atoms with Gasteiger partial charge in [0.05, 0.1) is 22.0 Å². The zero-order valence-corrected chi connectivity index (χ0v) is 27.7. The monoisotopic (exact) mass is 661 g/mol. The van der Waals surface area contributed by atoms with Gasteiger partial charge in [0, 0.05) is 37.5 Å². The summed E-state index contributed by atoms with van der Waals surface area (Å²) in [5.41, 5.74) is 2.52. The Balaban J connectivity index is 1.39. The molecule has 244 valence electrons. The number of hydrogen-bond donors (Lipinski definition) is 1. The second kappa shape index (κ2) is 13.3. The van der Waals surface area contributed by atoms with Gasteiger partial charge in [-0.15, -0.1) is 0 Å². The first kappa shape index (κ1) is 32.4. The number of carbonyl (C=O) groups excluding carboxylic acids is 1. The third-order valence-corrected chi connectivity index (χ3v) is 10.6. The van der Waals surface area contributed by atoms with Crippen LogP contribution in [0, 0.1) is 24.2 Å². The number of nitriles is 1. The van der Waals surface area contributed by atoms with Crippen LogP contribution in [-0.2, 0) is 21.9 Å². The van der Waals surface area contributed by atoms with Gasteiger partial charge in [-0.25, -0.2) is 17.8 Å². The molecule has 1 fully saturated rings. The van der Waals surface area contributed by atoms with Crippen molar-refractivity contribution in [1.29, 1.82) is 5.26 Å². The van der Waals surface area contributed by atoms with Crippen LogP contribution in [0.2, 0.25) is 0 Å². The van der Waals surface area contributed by atoms with Crippen LogP contribution in [0.3, 0.4) is 0 Å². The predicted octanol–water partition coefficient (Wildman–Crippen LogP) is 5.30. The smallest absolute Gasteiger partial charge is 0.295 e. The van der Waals surface area contributed by atoms with Gasteiger partial charge >= 0.3 is 0 Å². The molecule has 0 aliphatic carbocycles. The van der Waals surface area contributed by atoms with Crippen LogP contribution in [0.5, 0.6) is 0 Å². The molecule has 1 aliphatic heterocycles. The van der Waals surface area contributed by atoms with Gasteiger partial charge in [0.1, 0.15) is 23.0 Å². The third-order valence-electron chi connectivity index (χ3n) is 8.71. The minimum atomic E-state index is -3.75. The number of piperidine rings is 1. The molecule has 0 spiro atoms. The minimum Gasteiger partial charge on any atom is -0.315 e. The number of carbonyl (C=O) groups is 1. The van der Waals surface area contributed by atoms with Crippen LogP contribution in [0.25, 0.3) is 28.7 Å². The van der Waals surface area contributed by atoms with E-state index in [1.54, 1.807) is 65.9 Å². The van der Waals surface area contributed by atoms with Crippen LogP contribution < -0.4 is 10.9 Å². The summed E-state index contributed by atoms with van der Waals surface area (Å²) >= 11 is 0. The van der Waals surface area contributed by atoms with Crippen molar-refractivity contribution in [3.05, 3.63) is 118 Å². The van der Waals surface area contributed by atoms with Crippen molar-refractivity contribution < 1.29 is 13.2 Å². The van der Waals surface area contributed by atoms with E-state index in [2.05, 4.69) is 12.2 Å². The first-order valence-corrected chi connectivity index (χ1v) is 17.1. The van der Waals surface area contributed by atoms with Crippen LogP contribution in [0.1, 0.15) is 31.0 Å². The van der Waals surface area contributed by atoms with Gasteiger partial charge in [-0.3, -0.25) is 14.3 Å². The lowest BCUT2D eigenvalue weighted by molar-refractivity contribution is -0.112. The third kappa shape index (κ3) is 6.25. The summed E-state index contributed by atoms with van der Waals surface area (Å²) in [5.74, 6) is -0.293. The Morgan fingerprint density at radius 1 is 0.979 bits per heavy atom. The summed E-state index contributed by atoms with van der Waals surface area (Å²) in [6, 6.07) is 26.9. The summed E-state index contributed by atoms with van der Waals surface area (Å²) in [4.78, 5) is 27.1. The number of sulfonamides is 1. The van der Waals surface area contributed by atoms with Crippen LogP contribution in [0.4, 0.5) is 5.69 Å². The number of benzene rings is 3. The highest BCUT2D eigenvalue weighted by Crippen LogP contribution is 2.30. The molecule has 0 atom stereocenters. The molecule has 12 heteroatoms. The molecule has 0 saturated carbocycles. The van der Waals surface area contributed by atoms with Gasteiger partial charge in [-0.2, -0.15) is 14.7 Å². The molecule has 11 nitrogen and oxygen atoms in total. The maximum Gasteiger partial charge on any atom is 0.295 e. The lowest BCUT2D eigenvalue weighted by atomic mass is 10.0. The second-order valence-electron chi connectivity index (χ2n) is 11.9. The quantitative estimate of drug-likeness (QED) is 0.177. The van der Waals surface area contributed by atoms with Crippen molar-refractivity contribution in [3.63, 3.8) is 0 Å². The highest BCUT2D eigenvalue weighted by molar-refractivity contribution is 7.89. The van der Waals surface area contributed by atoms with Crippen molar-refractivity contribution in [2.45, 2.75) is 31.6 Å². The average Bonchev–Trinajstić information content (AvgIpc) is 3.62. The molecule has 1 amide bonds. The fourth-order valence-electron chi connectivity index (χ4n) is 5.81.